The molecule has 6 heteroatoms. The molecular weight excluding hydrogens is 222 g/mol. The van der Waals surface area contributed by atoms with Crippen LogP contribution in [-0.4, -0.2) is 31.1 Å². The van der Waals surface area contributed by atoms with E-state index in [1.165, 1.54) is 0 Å². The quantitative estimate of drug-likeness (QED) is 0.522. The Kier molecular flexibility index (Phi) is 5.92. The summed E-state index contributed by atoms with van der Waals surface area (Å²) >= 11 is 0. The number of carbonyl (C=O) groups excluding carboxylic acids is 2. The second kappa shape index (κ2) is 6.40. The largest absolute Gasteiger partial charge is 0.462 e. The fraction of sp³-hybridized carbons (Fsp3) is 0.800. The summed E-state index contributed by atoms with van der Waals surface area (Å²) in [6.45, 7) is 3.40. The third-order valence-electron chi connectivity index (χ3n) is 1.93. The van der Waals surface area contributed by atoms with Crippen molar-refractivity contribution in [3.8, 4) is 0 Å². The van der Waals surface area contributed by atoms with Gasteiger partial charge in [-0.15, -0.1) is 0 Å². The Balaban J connectivity index is 3.70. The number of carbonyl (C=O) groups is 2. The predicted molar refractivity (Wildman–Crippen MR) is 52.0 cm³/mol. The molecule has 1 atom stereocenters. The number of hydrogen-bond donors (Lipinski definition) is 0. The molecule has 0 aliphatic heterocycles. The summed E-state index contributed by atoms with van der Waals surface area (Å²) in [6, 6.07) is 0. The van der Waals surface area contributed by atoms with Crippen molar-refractivity contribution in [1.29, 1.82) is 0 Å². The molecule has 0 aromatic heterocycles. The molecule has 0 amide bonds. The van der Waals surface area contributed by atoms with Crippen LogP contribution in [0, 0.1) is 5.92 Å². The minimum atomic E-state index is -3.51. The van der Waals surface area contributed by atoms with Gasteiger partial charge in [-0.3, -0.25) is 4.79 Å². The fourth-order valence-corrected chi connectivity index (χ4v) is 0.712. The topological polar surface area (TPSA) is 52.6 Å². The molecule has 0 aromatic carbocycles. The first-order chi connectivity index (χ1) is 7.29. The Hall–Kier alpha value is -1.20. The van der Waals surface area contributed by atoms with Crippen LogP contribution in [0.3, 0.4) is 0 Å². The SMILES string of the molecule is CCC(C)C(=O)OCCOC(=O)C(C)(F)F. The Bertz CT molecular complexity index is 248. The van der Waals surface area contributed by atoms with Crippen LogP contribution in [0.2, 0.25) is 0 Å². The standard InChI is InChI=1S/C10H16F2O4/c1-4-7(2)8(13)15-5-6-16-9(14)10(3,11)12/h7H,4-6H2,1-3H3. The van der Waals surface area contributed by atoms with Crippen molar-refractivity contribution >= 4 is 11.9 Å². The third kappa shape index (κ3) is 5.63. The average Bonchev–Trinajstić information content (AvgIpc) is 2.20. The summed E-state index contributed by atoms with van der Waals surface area (Å²) in [6.07, 6.45) is 0.631. The molecule has 0 fully saturated rings. The summed E-state index contributed by atoms with van der Waals surface area (Å²) in [5, 5.41) is 0. The van der Waals surface area contributed by atoms with Crippen LogP contribution in [0.4, 0.5) is 8.78 Å². The lowest BCUT2D eigenvalue weighted by molar-refractivity contribution is -0.172. The van der Waals surface area contributed by atoms with Crippen molar-refractivity contribution in [3.63, 3.8) is 0 Å². The maximum absolute atomic E-state index is 12.3. The van der Waals surface area contributed by atoms with E-state index in [1.807, 2.05) is 6.92 Å². The molecule has 0 aliphatic rings. The molecule has 0 aromatic rings. The highest BCUT2D eigenvalue weighted by atomic mass is 19.3. The minimum absolute atomic E-state index is 0.203. The minimum Gasteiger partial charge on any atom is -0.462 e. The molecule has 0 saturated carbocycles. The third-order valence-corrected chi connectivity index (χ3v) is 1.93. The van der Waals surface area contributed by atoms with Gasteiger partial charge in [0.1, 0.15) is 13.2 Å². The number of alkyl halides is 2. The van der Waals surface area contributed by atoms with E-state index in [2.05, 4.69) is 4.74 Å². The Morgan fingerprint density at radius 3 is 2.19 bits per heavy atom. The van der Waals surface area contributed by atoms with Crippen LogP contribution >= 0.6 is 0 Å². The number of halogens is 2. The van der Waals surface area contributed by atoms with Gasteiger partial charge in [-0.25, -0.2) is 4.79 Å². The van der Waals surface area contributed by atoms with Crippen LogP contribution < -0.4 is 0 Å². The molecule has 0 spiro atoms. The van der Waals surface area contributed by atoms with Crippen molar-refractivity contribution in [2.75, 3.05) is 13.2 Å². The maximum atomic E-state index is 12.3. The van der Waals surface area contributed by atoms with Crippen molar-refractivity contribution in [3.05, 3.63) is 0 Å². The lowest BCUT2D eigenvalue weighted by Crippen LogP contribution is -2.28. The molecule has 0 N–H and O–H groups in total. The number of hydrogen-bond acceptors (Lipinski definition) is 4. The molecule has 0 heterocycles. The highest BCUT2D eigenvalue weighted by Gasteiger charge is 2.34. The van der Waals surface area contributed by atoms with Gasteiger partial charge in [0, 0.05) is 6.92 Å². The monoisotopic (exact) mass is 238 g/mol. The van der Waals surface area contributed by atoms with E-state index < -0.39 is 17.9 Å². The molecule has 16 heavy (non-hydrogen) atoms. The van der Waals surface area contributed by atoms with Gasteiger partial charge in [-0.1, -0.05) is 13.8 Å². The van der Waals surface area contributed by atoms with Crippen LogP contribution in [0.5, 0.6) is 0 Å². The summed E-state index contributed by atoms with van der Waals surface area (Å²) in [5.74, 6) is -5.81. The highest BCUT2D eigenvalue weighted by molar-refractivity contribution is 5.77. The smallest absolute Gasteiger partial charge is 0.376 e. The lowest BCUT2D eigenvalue weighted by Gasteiger charge is -2.11. The summed E-state index contributed by atoms with van der Waals surface area (Å²) in [4.78, 5) is 21.7. The zero-order chi connectivity index (χ0) is 12.8. The zero-order valence-electron chi connectivity index (χ0n) is 9.59. The first-order valence-corrected chi connectivity index (χ1v) is 5.00. The van der Waals surface area contributed by atoms with Crippen LogP contribution in [-0.2, 0) is 19.1 Å². The molecule has 94 valence electrons. The first-order valence-electron chi connectivity index (χ1n) is 5.00. The van der Waals surface area contributed by atoms with Crippen LogP contribution in [0.15, 0.2) is 0 Å². The van der Waals surface area contributed by atoms with Gasteiger partial charge in [-0.2, -0.15) is 8.78 Å². The molecule has 0 radical (unpaired) electrons. The van der Waals surface area contributed by atoms with Gasteiger partial charge in [0.15, 0.2) is 0 Å². The van der Waals surface area contributed by atoms with E-state index in [-0.39, 0.29) is 19.1 Å². The summed E-state index contributed by atoms with van der Waals surface area (Å²) < 4.78 is 33.5. The van der Waals surface area contributed by atoms with Gasteiger partial charge in [0.05, 0.1) is 5.92 Å². The van der Waals surface area contributed by atoms with Crippen molar-refractivity contribution in [1.82, 2.24) is 0 Å². The molecule has 0 aliphatic carbocycles. The van der Waals surface area contributed by atoms with Crippen molar-refractivity contribution < 1.29 is 27.8 Å². The molecule has 0 rings (SSSR count). The van der Waals surface area contributed by atoms with Gasteiger partial charge in [-0.05, 0) is 6.42 Å². The van der Waals surface area contributed by atoms with E-state index in [0.717, 1.165) is 0 Å². The second-order valence-electron chi connectivity index (χ2n) is 3.50. The molecule has 0 saturated heterocycles. The van der Waals surface area contributed by atoms with Gasteiger partial charge < -0.3 is 9.47 Å². The average molecular weight is 238 g/mol. The van der Waals surface area contributed by atoms with Crippen molar-refractivity contribution in [2.24, 2.45) is 5.92 Å². The second-order valence-corrected chi connectivity index (χ2v) is 3.50. The predicted octanol–water partition coefficient (Wildman–Crippen LogP) is 1.77. The zero-order valence-corrected chi connectivity index (χ0v) is 9.59. The highest BCUT2D eigenvalue weighted by Crippen LogP contribution is 2.13. The van der Waals surface area contributed by atoms with Gasteiger partial charge in [0.25, 0.3) is 0 Å². The maximum Gasteiger partial charge on any atom is 0.376 e. The number of rotatable bonds is 6. The first kappa shape index (κ1) is 14.8. The normalized spacial score (nSPS) is 13.1. The van der Waals surface area contributed by atoms with E-state index in [4.69, 9.17) is 4.74 Å². The van der Waals surface area contributed by atoms with Gasteiger partial charge in [0.2, 0.25) is 0 Å². The van der Waals surface area contributed by atoms with Crippen molar-refractivity contribution in [2.45, 2.75) is 33.1 Å². The molecule has 1 unspecified atom stereocenters. The van der Waals surface area contributed by atoms with Gasteiger partial charge >= 0.3 is 17.9 Å². The van der Waals surface area contributed by atoms with Crippen LogP contribution in [0.1, 0.15) is 27.2 Å². The molecule has 4 nitrogen and oxygen atoms in total. The van der Waals surface area contributed by atoms with E-state index in [0.29, 0.717) is 13.3 Å². The summed E-state index contributed by atoms with van der Waals surface area (Å²) in [7, 11) is 0. The summed E-state index contributed by atoms with van der Waals surface area (Å²) in [5.41, 5.74) is 0. The lowest BCUT2D eigenvalue weighted by atomic mass is 10.1. The van der Waals surface area contributed by atoms with E-state index >= 15 is 0 Å². The molecule has 0 bridgehead atoms. The fourth-order valence-electron chi connectivity index (χ4n) is 0.712. The van der Waals surface area contributed by atoms with Crippen LogP contribution in [0.25, 0.3) is 0 Å². The Morgan fingerprint density at radius 2 is 1.75 bits per heavy atom. The van der Waals surface area contributed by atoms with E-state index in [1.54, 1.807) is 6.92 Å². The van der Waals surface area contributed by atoms with E-state index in [9.17, 15) is 18.4 Å². The molecular formula is C10H16F2O4. The Labute approximate surface area is 92.9 Å². The number of esters is 2. The Morgan fingerprint density at radius 1 is 1.25 bits per heavy atom. The number of ether oxygens (including phenoxy) is 2.